The summed E-state index contributed by atoms with van der Waals surface area (Å²) in [6.07, 6.45) is 13.4. The van der Waals surface area contributed by atoms with Crippen LogP contribution in [0.2, 0.25) is 0 Å². The van der Waals surface area contributed by atoms with Crippen molar-refractivity contribution in [3.05, 3.63) is 23.3 Å². The summed E-state index contributed by atoms with van der Waals surface area (Å²) < 4.78 is 0. The van der Waals surface area contributed by atoms with Crippen LogP contribution in [0.25, 0.3) is 0 Å². The summed E-state index contributed by atoms with van der Waals surface area (Å²) in [5, 5.41) is 0. The molecule has 0 amide bonds. The fourth-order valence-corrected chi connectivity index (χ4v) is 2.44. The van der Waals surface area contributed by atoms with Gasteiger partial charge in [0.15, 0.2) is 0 Å². The lowest BCUT2D eigenvalue weighted by Gasteiger charge is -2.10. The number of nitrogens with zero attached hydrogens (tertiary/aromatic N) is 2. The largest absolute Gasteiger partial charge is 0.258 e. The molecule has 2 heteroatoms. The van der Waals surface area contributed by atoms with Crippen LogP contribution in [-0.4, -0.2) is 9.97 Å². The second-order valence-electron chi connectivity index (χ2n) is 6.13. The zero-order valence-electron chi connectivity index (χ0n) is 13.9. The topological polar surface area (TPSA) is 25.8 Å². The zero-order chi connectivity index (χ0) is 14.8. The fraction of sp³-hybridized carbons (Fsp3) is 0.778. The van der Waals surface area contributed by atoms with Gasteiger partial charge >= 0.3 is 0 Å². The second-order valence-corrected chi connectivity index (χ2v) is 6.13. The second kappa shape index (κ2) is 9.90. The maximum absolute atomic E-state index is 4.83. The zero-order valence-corrected chi connectivity index (χ0v) is 13.9. The first kappa shape index (κ1) is 17.1. The van der Waals surface area contributed by atoms with E-state index in [1.807, 2.05) is 6.20 Å². The third-order valence-electron chi connectivity index (χ3n) is 4.13. The number of hydrogen-bond donors (Lipinski definition) is 0. The molecule has 0 aromatic carbocycles. The van der Waals surface area contributed by atoms with E-state index in [0.717, 1.165) is 18.5 Å². The predicted octanol–water partition coefficient (Wildman–Crippen LogP) is 5.28. The minimum atomic E-state index is 0.703. The van der Waals surface area contributed by atoms with E-state index >= 15 is 0 Å². The average Bonchev–Trinajstić information content (AvgIpc) is 2.45. The van der Waals surface area contributed by atoms with Crippen molar-refractivity contribution < 1.29 is 0 Å². The fourth-order valence-electron chi connectivity index (χ4n) is 2.44. The van der Waals surface area contributed by atoms with Gasteiger partial charge < -0.3 is 0 Å². The molecule has 1 aromatic rings. The lowest BCUT2D eigenvalue weighted by Crippen LogP contribution is -2.06. The van der Waals surface area contributed by atoms with E-state index in [2.05, 4.69) is 32.7 Å². The normalized spacial score (nSPS) is 12.6. The highest BCUT2D eigenvalue weighted by molar-refractivity contribution is 5.13. The Morgan fingerprint density at radius 1 is 1.05 bits per heavy atom. The Morgan fingerprint density at radius 3 is 2.45 bits per heavy atom. The standard InChI is InChI=1S/C18H32N2/c1-5-7-8-9-10-11-12-18-16(4)19-14-17(20-18)13-15(3)6-2/h14-15H,5-13H2,1-4H3. The molecular weight excluding hydrogens is 244 g/mol. The molecule has 0 radical (unpaired) electrons. The Labute approximate surface area is 125 Å². The van der Waals surface area contributed by atoms with Crippen LogP contribution >= 0.6 is 0 Å². The first-order chi connectivity index (χ1) is 9.67. The van der Waals surface area contributed by atoms with Gasteiger partial charge in [-0.25, -0.2) is 0 Å². The summed E-state index contributed by atoms with van der Waals surface area (Å²) in [5.41, 5.74) is 3.51. The van der Waals surface area contributed by atoms with E-state index < -0.39 is 0 Å². The van der Waals surface area contributed by atoms with Crippen molar-refractivity contribution in [3.8, 4) is 0 Å². The van der Waals surface area contributed by atoms with Gasteiger partial charge in [-0.15, -0.1) is 0 Å². The summed E-state index contributed by atoms with van der Waals surface area (Å²) in [5.74, 6) is 0.703. The summed E-state index contributed by atoms with van der Waals surface area (Å²) in [6, 6.07) is 0. The molecule has 0 saturated carbocycles. The Morgan fingerprint density at radius 2 is 1.75 bits per heavy atom. The third kappa shape index (κ3) is 6.49. The van der Waals surface area contributed by atoms with Crippen LogP contribution in [0.1, 0.15) is 82.8 Å². The van der Waals surface area contributed by atoms with Crippen molar-refractivity contribution in [1.82, 2.24) is 9.97 Å². The molecule has 2 nitrogen and oxygen atoms in total. The van der Waals surface area contributed by atoms with Crippen molar-refractivity contribution in [3.63, 3.8) is 0 Å². The van der Waals surface area contributed by atoms with Gasteiger partial charge in [0.2, 0.25) is 0 Å². The summed E-state index contributed by atoms with van der Waals surface area (Å²) in [4.78, 5) is 9.36. The summed E-state index contributed by atoms with van der Waals surface area (Å²) in [7, 11) is 0. The lowest BCUT2D eigenvalue weighted by molar-refractivity contribution is 0.548. The van der Waals surface area contributed by atoms with Crippen LogP contribution in [0.4, 0.5) is 0 Å². The monoisotopic (exact) mass is 276 g/mol. The molecule has 0 saturated heterocycles. The van der Waals surface area contributed by atoms with E-state index in [9.17, 15) is 0 Å². The SMILES string of the molecule is CCCCCCCCc1nc(CC(C)CC)cnc1C. The quantitative estimate of drug-likeness (QED) is 0.544. The van der Waals surface area contributed by atoms with Crippen LogP contribution in [0.15, 0.2) is 6.20 Å². The van der Waals surface area contributed by atoms with Crippen LogP contribution < -0.4 is 0 Å². The molecule has 0 aliphatic carbocycles. The first-order valence-electron chi connectivity index (χ1n) is 8.48. The average molecular weight is 276 g/mol. The molecule has 20 heavy (non-hydrogen) atoms. The smallest absolute Gasteiger partial charge is 0.0619 e. The minimum Gasteiger partial charge on any atom is -0.258 e. The van der Waals surface area contributed by atoms with Crippen LogP contribution in [0.5, 0.6) is 0 Å². The summed E-state index contributed by atoms with van der Waals surface area (Å²) >= 11 is 0. The van der Waals surface area contributed by atoms with E-state index in [1.165, 1.54) is 56.3 Å². The van der Waals surface area contributed by atoms with E-state index in [-0.39, 0.29) is 0 Å². The number of rotatable bonds is 10. The van der Waals surface area contributed by atoms with Crippen molar-refractivity contribution in [2.24, 2.45) is 5.92 Å². The molecule has 0 aliphatic rings. The van der Waals surface area contributed by atoms with Gasteiger partial charge in [-0.2, -0.15) is 0 Å². The highest BCUT2D eigenvalue weighted by Gasteiger charge is 2.07. The molecule has 0 fully saturated rings. The van der Waals surface area contributed by atoms with Gasteiger partial charge in [-0.1, -0.05) is 59.3 Å². The van der Waals surface area contributed by atoms with Crippen LogP contribution in [0.3, 0.4) is 0 Å². The van der Waals surface area contributed by atoms with Gasteiger partial charge in [-0.3, -0.25) is 9.97 Å². The van der Waals surface area contributed by atoms with Gasteiger partial charge in [0, 0.05) is 6.20 Å². The molecule has 1 heterocycles. The number of aromatic nitrogens is 2. The molecule has 1 unspecified atom stereocenters. The third-order valence-corrected chi connectivity index (χ3v) is 4.13. The first-order valence-corrected chi connectivity index (χ1v) is 8.48. The highest BCUT2D eigenvalue weighted by atomic mass is 14.8. The van der Waals surface area contributed by atoms with Crippen molar-refractivity contribution >= 4 is 0 Å². The molecule has 0 N–H and O–H groups in total. The number of aryl methyl sites for hydroxylation is 2. The number of unbranched alkanes of at least 4 members (excludes halogenated alkanes) is 5. The van der Waals surface area contributed by atoms with E-state index in [0.29, 0.717) is 5.92 Å². The lowest BCUT2D eigenvalue weighted by atomic mass is 10.0. The molecule has 1 atom stereocenters. The van der Waals surface area contributed by atoms with E-state index in [1.54, 1.807) is 0 Å². The molecule has 0 spiro atoms. The van der Waals surface area contributed by atoms with Gasteiger partial charge in [0.25, 0.3) is 0 Å². The van der Waals surface area contributed by atoms with Crippen LogP contribution in [0, 0.1) is 12.8 Å². The highest BCUT2D eigenvalue weighted by Crippen LogP contribution is 2.13. The van der Waals surface area contributed by atoms with Crippen molar-refractivity contribution in [1.29, 1.82) is 0 Å². The summed E-state index contributed by atoms with van der Waals surface area (Å²) in [6.45, 7) is 8.88. The maximum atomic E-state index is 4.83. The molecule has 114 valence electrons. The Kier molecular flexibility index (Phi) is 8.48. The predicted molar refractivity (Wildman–Crippen MR) is 87.0 cm³/mol. The van der Waals surface area contributed by atoms with Gasteiger partial charge in [0.1, 0.15) is 0 Å². The Balaban J connectivity index is 2.41. The van der Waals surface area contributed by atoms with Crippen molar-refractivity contribution in [2.75, 3.05) is 0 Å². The van der Waals surface area contributed by atoms with Gasteiger partial charge in [0.05, 0.1) is 17.1 Å². The number of hydrogen-bond acceptors (Lipinski definition) is 2. The van der Waals surface area contributed by atoms with E-state index in [4.69, 9.17) is 4.98 Å². The molecular formula is C18H32N2. The molecule has 1 rings (SSSR count). The van der Waals surface area contributed by atoms with Crippen LogP contribution in [-0.2, 0) is 12.8 Å². The maximum Gasteiger partial charge on any atom is 0.0619 e. The molecule has 1 aromatic heterocycles. The Bertz CT molecular complexity index is 374. The minimum absolute atomic E-state index is 0.703. The van der Waals surface area contributed by atoms with Gasteiger partial charge in [-0.05, 0) is 32.1 Å². The molecule has 0 bridgehead atoms. The Hall–Kier alpha value is -0.920. The molecule has 0 aliphatic heterocycles. The van der Waals surface area contributed by atoms with Crippen molar-refractivity contribution in [2.45, 2.75) is 85.5 Å².